The third-order valence-electron chi connectivity index (χ3n) is 2.59. The van der Waals surface area contributed by atoms with Crippen LogP contribution in [-0.2, 0) is 4.74 Å². The van der Waals surface area contributed by atoms with Gasteiger partial charge < -0.3 is 9.47 Å². The molecule has 0 fully saturated rings. The fraction of sp³-hybridized carbons (Fsp3) is 0.529. The monoisotopic (exact) mass is 262 g/mol. The molecule has 0 saturated heterocycles. The predicted molar refractivity (Wildman–Crippen MR) is 81.2 cm³/mol. The van der Waals surface area contributed by atoms with E-state index in [0.717, 1.165) is 17.7 Å². The van der Waals surface area contributed by atoms with Crippen molar-refractivity contribution in [1.82, 2.24) is 0 Å². The highest BCUT2D eigenvalue weighted by molar-refractivity contribution is 5.48. The second kappa shape index (κ2) is 6.76. The van der Waals surface area contributed by atoms with Gasteiger partial charge in [0, 0.05) is 6.42 Å². The lowest BCUT2D eigenvalue weighted by atomic mass is 9.92. The van der Waals surface area contributed by atoms with Crippen LogP contribution in [0.2, 0.25) is 0 Å². The third kappa shape index (κ3) is 6.44. The Morgan fingerprint density at radius 2 is 1.74 bits per heavy atom. The van der Waals surface area contributed by atoms with Gasteiger partial charge in [0.15, 0.2) is 0 Å². The average Bonchev–Trinajstić information content (AvgIpc) is 2.26. The van der Waals surface area contributed by atoms with Crippen molar-refractivity contribution in [1.29, 1.82) is 0 Å². The molecule has 2 heteroatoms. The molecule has 0 saturated carbocycles. The zero-order valence-corrected chi connectivity index (χ0v) is 12.8. The molecule has 0 bridgehead atoms. The van der Waals surface area contributed by atoms with Gasteiger partial charge in [0.05, 0.1) is 6.10 Å². The summed E-state index contributed by atoms with van der Waals surface area (Å²) in [6, 6.07) is 7.89. The Bertz CT molecular complexity index is 385. The number of ether oxygens (including phenoxy) is 2. The summed E-state index contributed by atoms with van der Waals surface area (Å²) in [5.74, 6) is 0.834. The first-order valence-electron chi connectivity index (χ1n) is 6.85. The van der Waals surface area contributed by atoms with Crippen molar-refractivity contribution in [3.63, 3.8) is 0 Å². The summed E-state index contributed by atoms with van der Waals surface area (Å²) >= 11 is 0. The van der Waals surface area contributed by atoms with Gasteiger partial charge in [-0.2, -0.15) is 0 Å². The second-order valence-electron chi connectivity index (χ2n) is 6.27. The van der Waals surface area contributed by atoms with Crippen LogP contribution in [0, 0.1) is 5.41 Å². The molecule has 0 aliphatic carbocycles. The Labute approximate surface area is 117 Å². The topological polar surface area (TPSA) is 18.5 Å². The van der Waals surface area contributed by atoms with Crippen molar-refractivity contribution in [2.24, 2.45) is 5.41 Å². The van der Waals surface area contributed by atoms with E-state index < -0.39 is 0 Å². The number of benzene rings is 1. The lowest BCUT2D eigenvalue weighted by Gasteiger charge is -2.28. The Balaban J connectivity index is 2.72. The van der Waals surface area contributed by atoms with Gasteiger partial charge in [0.2, 0.25) is 6.29 Å². The van der Waals surface area contributed by atoms with Gasteiger partial charge in [-0.25, -0.2) is 0 Å². The minimum absolute atomic E-state index is 0.153. The smallest absolute Gasteiger partial charge is 0.200 e. The van der Waals surface area contributed by atoms with Gasteiger partial charge in [0.25, 0.3) is 0 Å². The van der Waals surface area contributed by atoms with E-state index in [1.54, 1.807) is 0 Å². The van der Waals surface area contributed by atoms with Gasteiger partial charge in [-0.1, -0.05) is 45.6 Å². The van der Waals surface area contributed by atoms with E-state index in [-0.39, 0.29) is 17.8 Å². The summed E-state index contributed by atoms with van der Waals surface area (Å²) in [6.45, 7) is 14.4. The quantitative estimate of drug-likeness (QED) is 0.679. The highest BCUT2D eigenvalue weighted by Gasteiger charge is 2.21. The summed E-state index contributed by atoms with van der Waals surface area (Å²) in [7, 11) is 0. The zero-order chi connectivity index (χ0) is 14.5. The molecule has 1 atom stereocenters. The van der Waals surface area contributed by atoms with Gasteiger partial charge in [0.1, 0.15) is 5.75 Å². The van der Waals surface area contributed by atoms with E-state index in [2.05, 4.69) is 27.4 Å². The van der Waals surface area contributed by atoms with Crippen LogP contribution >= 0.6 is 0 Å². The van der Waals surface area contributed by atoms with Crippen molar-refractivity contribution < 1.29 is 9.47 Å². The molecule has 0 heterocycles. The lowest BCUT2D eigenvalue weighted by molar-refractivity contribution is -0.124. The van der Waals surface area contributed by atoms with E-state index in [1.165, 1.54) is 0 Å². The van der Waals surface area contributed by atoms with Crippen LogP contribution < -0.4 is 4.74 Å². The molecule has 0 spiro atoms. The maximum Gasteiger partial charge on any atom is 0.200 e. The molecule has 1 unspecified atom stereocenters. The standard InChI is InChI=1S/C17H26O2/c1-7-14-8-10-15(11-9-14)19-16(18-13(2)3)12-17(4,5)6/h7-11,13,16H,1,12H2,2-6H3. The second-order valence-corrected chi connectivity index (χ2v) is 6.27. The third-order valence-corrected chi connectivity index (χ3v) is 2.59. The molecule has 1 aromatic rings. The van der Waals surface area contributed by atoms with Crippen molar-refractivity contribution in [3.8, 4) is 5.75 Å². The van der Waals surface area contributed by atoms with Gasteiger partial charge in [-0.05, 0) is 37.0 Å². The van der Waals surface area contributed by atoms with E-state index in [0.29, 0.717) is 0 Å². The van der Waals surface area contributed by atoms with Crippen molar-refractivity contribution in [2.75, 3.05) is 0 Å². The molecule has 2 nitrogen and oxygen atoms in total. The molecule has 1 aromatic carbocycles. The molecule has 0 aliphatic heterocycles. The average molecular weight is 262 g/mol. The first-order chi connectivity index (χ1) is 8.80. The van der Waals surface area contributed by atoms with Crippen LogP contribution in [-0.4, -0.2) is 12.4 Å². The molecule has 0 aliphatic rings. The number of rotatable bonds is 6. The molecule has 106 valence electrons. The maximum atomic E-state index is 5.94. The zero-order valence-electron chi connectivity index (χ0n) is 12.8. The summed E-state index contributed by atoms with van der Waals surface area (Å²) < 4.78 is 11.8. The summed E-state index contributed by atoms with van der Waals surface area (Å²) in [5, 5.41) is 0. The van der Waals surface area contributed by atoms with Crippen LogP contribution in [0.15, 0.2) is 30.8 Å². The lowest BCUT2D eigenvalue weighted by Crippen LogP contribution is -2.29. The molecular weight excluding hydrogens is 236 g/mol. The molecule has 0 N–H and O–H groups in total. The van der Waals surface area contributed by atoms with E-state index in [1.807, 2.05) is 44.2 Å². The van der Waals surface area contributed by atoms with Crippen molar-refractivity contribution in [3.05, 3.63) is 36.4 Å². The predicted octanol–water partition coefficient (Wildman–Crippen LogP) is 4.90. The van der Waals surface area contributed by atoms with Crippen LogP contribution in [0.5, 0.6) is 5.75 Å². The highest BCUT2D eigenvalue weighted by atomic mass is 16.7. The Morgan fingerprint density at radius 3 is 2.16 bits per heavy atom. The van der Waals surface area contributed by atoms with Gasteiger partial charge >= 0.3 is 0 Å². The summed E-state index contributed by atoms with van der Waals surface area (Å²) in [6.07, 6.45) is 2.62. The van der Waals surface area contributed by atoms with Crippen molar-refractivity contribution >= 4 is 6.08 Å². The van der Waals surface area contributed by atoms with E-state index in [9.17, 15) is 0 Å². The molecule has 0 aromatic heterocycles. The molecular formula is C17H26O2. The number of hydrogen-bond acceptors (Lipinski definition) is 2. The van der Waals surface area contributed by atoms with Crippen LogP contribution in [0.4, 0.5) is 0 Å². The van der Waals surface area contributed by atoms with Crippen LogP contribution in [0.1, 0.15) is 46.6 Å². The van der Waals surface area contributed by atoms with Gasteiger partial charge in [-0.15, -0.1) is 0 Å². The largest absolute Gasteiger partial charge is 0.465 e. The molecule has 0 amide bonds. The van der Waals surface area contributed by atoms with Crippen LogP contribution in [0.3, 0.4) is 0 Å². The van der Waals surface area contributed by atoms with E-state index in [4.69, 9.17) is 9.47 Å². The first-order valence-corrected chi connectivity index (χ1v) is 6.85. The van der Waals surface area contributed by atoms with E-state index >= 15 is 0 Å². The van der Waals surface area contributed by atoms with Gasteiger partial charge in [-0.3, -0.25) is 0 Å². The fourth-order valence-corrected chi connectivity index (χ4v) is 1.76. The first kappa shape index (κ1) is 15.8. The minimum atomic E-state index is -0.213. The maximum absolute atomic E-state index is 5.94. The summed E-state index contributed by atoms with van der Waals surface area (Å²) in [5.41, 5.74) is 1.25. The van der Waals surface area contributed by atoms with Crippen LogP contribution in [0.25, 0.3) is 6.08 Å². The van der Waals surface area contributed by atoms with Crippen molar-refractivity contribution in [2.45, 2.75) is 53.4 Å². The highest BCUT2D eigenvalue weighted by Crippen LogP contribution is 2.25. The molecule has 0 radical (unpaired) electrons. The number of hydrogen-bond donors (Lipinski definition) is 0. The fourth-order valence-electron chi connectivity index (χ4n) is 1.76. The Kier molecular flexibility index (Phi) is 5.61. The minimum Gasteiger partial charge on any atom is -0.465 e. The normalized spacial score (nSPS) is 13.4. The molecule has 19 heavy (non-hydrogen) atoms. The SMILES string of the molecule is C=Cc1ccc(OC(CC(C)(C)C)OC(C)C)cc1. The Hall–Kier alpha value is -1.28. The molecule has 1 rings (SSSR count). The summed E-state index contributed by atoms with van der Waals surface area (Å²) in [4.78, 5) is 0. The Morgan fingerprint density at radius 1 is 1.16 bits per heavy atom.